The lowest BCUT2D eigenvalue weighted by Crippen LogP contribution is -2.23. The van der Waals surface area contributed by atoms with Gasteiger partial charge in [0.05, 0.1) is 11.3 Å². The highest BCUT2D eigenvalue weighted by Gasteiger charge is 2.23. The fraction of sp³-hybridized carbons (Fsp3) is 0.562. The van der Waals surface area contributed by atoms with Gasteiger partial charge in [0.15, 0.2) is 0 Å². The molecule has 0 spiro atoms. The first-order chi connectivity index (χ1) is 9.15. The first kappa shape index (κ1) is 13.9. The predicted octanol–water partition coefficient (Wildman–Crippen LogP) is 2.50. The van der Waals surface area contributed by atoms with E-state index < -0.39 is 0 Å². The molecule has 1 heterocycles. The van der Waals surface area contributed by atoms with E-state index in [0.29, 0.717) is 5.92 Å². The topological polar surface area (TPSA) is 47.3 Å². The first-order valence-electron chi connectivity index (χ1n) is 7.07. The second-order valence-electron chi connectivity index (χ2n) is 5.68. The molecule has 1 aliphatic rings. The molecule has 1 aliphatic heterocycles. The average Bonchev–Trinajstić information content (AvgIpc) is 2.77. The lowest BCUT2D eigenvalue weighted by Gasteiger charge is -2.20. The van der Waals surface area contributed by atoms with Crippen LogP contribution in [0, 0.1) is 17.2 Å². The van der Waals surface area contributed by atoms with Crippen LogP contribution in [0.1, 0.15) is 37.0 Å². The smallest absolute Gasteiger partial charge is 0.101 e. The summed E-state index contributed by atoms with van der Waals surface area (Å²) in [5.74, 6) is 0.608. The Hall–Kier alpha value is -1.53. The van der Waals surface area contributed by atoms with Gasteiger partial charge in [-0.15, -0.1) is 0 Å². The average molecular weight is 258 g/mol. The number of nitriles is 1. The molecule has 0 saturated heterocycles. The van der Waals surface area contributed by atoms with Crippen LogP contribution in [-0.2, 0) is 12.8 Å². The van der Waals surface area contributed by atoms with Gasteiger partial charge in [0.25, 0.3) is 0 Å². The van der Waals surface area contributed by atoms with Crippen LogP contribution in [0.25, 0.3) is 0 Å². The Balaban J connectivity index is 2.30. The summed E-state index contributed by atoms with van der Waals surface area (Å²) in [7, 11) is 0. The number of anilines is 1. The van der Waals surface area contributed by atoms with E-state index in [2.05, 4.69) is 30.9 Å². The first-order valence-corrected chi connectivity index (χ1v) is 7.07. The molecule has 0 fully saturated rings. The fourth-order valence-electron chi connectivity index (χ4n) is 2.85. The minimum atomic E-state index is 0.207. The summed E-state index contributed by atoms with van der Waals surface area (Å²) < 4.78 is 0. The Kier molecular flexibility index (Phi) is 4.44. The Morgan fingerprint density at radius 3 is 2.84 bits per heavy atom. The van der Waals surface area contributed by atoms with Gasteiger partial charge in [0.1, 0.15) is 6.07 Å². The van der Waals surface area contributed by atoms with E-state index in [1.54, 1.807) is 0 Å². The van der Waals surface area contributed by atoms with E-state index in [4.69, 9.17) is 5.11 Å². The highest BCUT2D eigenvalue weighted by atomic mass is 16.3. The summed E-state index contributed by atoms with van der Waals surface area (Å²) in [4.78, 5) is 2.24. The Morgan fingerprint density at radius 1 is 1.42 bits per heavy atom. The highest BCUT2D eigenvalue weighted by molar-refractivity contribution is 5.68. The summed E-state index contributed by atoms with van der Waals surface area (Å²) in [5, 5.41) is 18.3. The maximum atomic E-state index is 9.38. The van der Waals surface area contributed by atoms with Gasteiger partial charge in [-0.3, -0.25) is 0 Å². The van der Waals surface area contributed by atoms with E-state index in [-0.39, 0.29) is 6.61 Å². The summed E-state index contributed by atoms with van der Waals surface area (Å²) in [6.45, 7) is 6.41. The number of hydrogen-bond donors (Lipinski definition) is 1. The van der Waals surface area contributed by atoms with E-state index in [0.717, 1.165) is 43.6 Å². The van der Waals surface area contributed by atoms with E-state index in [1.807, 2.05) is 6.07 Å². The molecule has 1 aromatic rings. The Bertz CT molecular complexity index is 488. The minimum Gasteiger partial charge on any atom is -0.396 e. The molecule has 19 heavy (non-hydrogen) atoms. The van der Waals surface area contributed by atoms with Crippen molar-refractivity contribution in [1.29, 1.82) is 5.26 Å². The third kappa shape index (κ3) is 3.08. The molecule has 1 N–H and O–H groups in total. The molecule has 0 atom stereocenters. The van der Waals surface area contributed by atoms with Crippen molar-refractivity contribution in [1.82, 2.24) is 0 Å². The molecule has 0 amide bonds. The number of aliphatic hydroxyl groups excluding tert-OH is 1. The normalized spacial score (nSPS) is 13.7. The lowest BCUT2D eigenvalue weighted by molar-refractivity contribution is 0.290. The maximum absolute atomic E-state index is 9.38. The van der Waals surface area contributed by atoms with E-state index >= 15 is 0 Å². The van der Waals surface area contributed by atoms with Crippen LogP contribution in [0.2, 0.25) is 0 Å². The van der Waals surface area contributed by atoms with Crippen LogP contribution in [-0.4, -0.2) is 24.8 Å². The molecule has 0 aromatic heterocycles. The van der Waals surface area contributed by atoms with Crippen LogP contribution in [0.5, 0.6) is 0 Å². The zero-order valence-corrected chi connectivity index (χ0v) is 11.8. The molecule has 3 heteroatoms. The molecular formula is C16H22N2O. The lowest BCUT2D eigenvalue weighted by atomic mass is 9.97. The quantitative estimate of drug-likeness (QED) is 0.882. The third-order valence-corrected chi connectivity index (χ3v) is 3.57. The monoisotopic (exact) mass is 258 g/mol. The fourth-order valence-corrected chi connectivity index (χ4v) is 2.85. The van der Waals surface area contributed by atoms with E-state index in [9.17, 15) is 5.26 Å². The molecule has 0 unspecified atom stereocenters. The number of aliphatic hydroxyl groups is 1. The third-order valence-electron chi connectivity index (χ3n) is 3.57. The molecule has 0 radical (unpaired) electrons. The maximum Gasteiger partial charge on any atom is 0.101 e. The highest BCUT2D eigenvalue weighted by Crippen LogP contribution is 2.33. The number of benzene rings is 1. The number of hydrogen-bond acceptors (Lipinski definition) is 3. The number of fused-ring (bicyclic) bond motifs is 1. The van der Waals surface area contributed by atoms with Gasteiger partial charge in [-0.2, -0.15) is 5.26 Å². The zero-order valence-electron chi connectivity index (χ0n) is 11.8. The van der Waals surface area contributed by atoms with Crippen LogP contribution in [0.15, 0.2) is 12.1 Å². The van der Waals surface area contributed by atoms with Gasteiger partial charge in [0.2, 0.25) is 0 Å². The largest absolute Gasteiger partial charge is 0.396 e. The molecule has 3 nitrogen and oxygen atoms in total. The van der Waals surface area contributed by atoms with Crippen molar-refractivity contribution in [3.63, 3.8) is 0 Å². The number of rotatable bonds is 5. The van der Waals surface area contributed by atoms with Crippen molar-refractivity contribution in [3.05, 3.63) is 28.8 Å². The Labute approximate surface area is 115 Å². The van der Waals surface area contributed by atoms with Crippen molar-refractivity contribution >= 4 is 5.69 Å². The molecule has 0 aliphatic carbocycles. The van der Waals surface area contributed by atoms with Crippen molar-refractivity contribution in [2.24, 2.45) is 5.92 Å². The molecule has 0 bridgehead atoms. The SMILES string of the molecule is CC(C)Cc1cc(C#N)c2c(c1)CCN2CCCO. The molecule has 0 saturated carbocycles. The van der Waals surface area contributed by atoms with Crippen LogP contribution in [0.4, 0.5) is 5.69 Å². The van der Waals surface area contributed by atoms with E-state index in [1.165, 1.54) is 11.1 Å². The molecule has 1 aromatic carbocycles. The van der Waals surface area contributed by atoms with Crippen LogP contribution in [0.3, 0.4) is 0 Å². The second kappa shape index (κ2) is 6.08. The van der Waals surface area contributed by atoms with Gasteiger partial charge >= 0.3 is 0 Å². The van der Waals surface area contributed by atoms with Gasteiger partial charge in [-0.25, -0.2) is 0 Å². The van der Waals surface area contributed by atoms with Crippen molar-refractivity contribution in [3.8, 4) is 6.07 Å². The van der Waals surface area contributed by atoms with Crippen LogP contribution >= 0.6 is 0 Å². The molecule has 2 rings (SSSR count). The second-order valence-corrected chi connectivity index (χ2v) is 5.68. The standard InChI is InChI=1S/C16H22N2O/c1-12(2)8-13-9-14-4-6-18(5-3-7-19)16(14)15(10-13)11-17/h9-10,12,19H,3-8H2,1-2H3. The predicted molar refractivity (Wildman–Crippen MR) is 77.3 cm³/mol. The summed E-state index contributed by atoms with van der Waals surface area (Å²) in [6, 6.07) is 6.64. The van der Waals surface area contributed by atoms with Gasteiger partial charge in [-0.05, 0) is 42.4 Å². The summed E-state index contributed by atoms with van der Waals surface area (Å²) in [5.41, 5.74) is 4.47. The van der Waals surface area contributed by atoms with Crippen molar-refractivity contribution < 1.29 is 5.11 Å². The van der Waals surface area contributed by atoms with Crippen LogP contribution < -0.4 is 4.90 Å². The van der Waals surface area contributed by atoms with Gasteiger partial charge in [0, 0.05) is 19.7 Å². The Morgan fingerprint density at radius 2 is 2.21 bits per heavy atom. The molecular weight excluding hydrogens is 236 g/mol. The van der Waals surface area contributed by atoms with Crippen molar-refractivity contribution in [2.75, 3.05) is 24.6 Å². The van der Waals surface area contributed by atoms with Gasteiger partial charge in [-0.1, -0.05) is 19.9 Å². The number of nitrogens with zero attached hydrogens (tertiary/aromatic N) is 2. The van der Waals surface area contributed by atoms with Gasteiger partial charge < -0.3 is 10.0 Å². The summed E-state index contributed by atoms with van der Waals surface area (Å²) >= 11 is 0. The summed E-state index contributed by atoms with van der Waals surface area (Å²) in [6.07, 6.45) is 2.80. The minimum absolute atomic E-state index is 0.207. The zero-order chi connectivity index (χ0) is 13.8. The molecule has 102 valence electrons. The van der Waals surface area contributed by atoms with Crippen molar-refractivity contribution in [2.45, 2.75) is 33.1 Å².